The summed E-state index contributed by atoms with van der Waals surface area (Å²) < 4.78 is 9.89. The molecule has 0 radical (unpaired) electrons. The Morgan fingerprint density at radius 3 is 3.00 bits per heavy atom. The summed E-state index contributed by atoms with van der Waals surface area (Å²) in [5.74, 6) is -0.715. The lowest BCUT2D eigenvalue weighted by Gasteiger charge is -2.31. The molecule has 20 heavy (non-hydrogen) atoms. The van der Waals surface area contributed by atoms with E-state index in [9.17, 15) is 9.59 Å². The van der Waals surface area contributed by atoms with Gasteiger partial charge in [0.1, 0.15) is 0 Å². The standard InChI is InChI=1S/C14H14N2O4/c1-19-14(18)12-9-16(5-6-20-12)13(17)11-4-2-3-10(7-11)8-15/h2-4,7,12H,5-6,9H2,1H3. The van der Waals surface area contributed by atoms with Crippen LogP contribution in [-0.4, -0.2) is 49.7 Å². The van der Waals surface area contributed by atoms with E-state index in [4.69, 9.17) is 10.00 Å². The van der Waals surface area contributed by atoms with Crippen molar-refractivity contribution in [1.29, 1.82) is 5.26 Å². The lowest BCUT2D eigenvalue weighted by atomic mass is 10.1. The molecule has 104 valence electrons. The van der Waals surface area contributed by atoms with E-state index in [1.807, 2.05) is 6.07 Å². The number of esters is 1. The zero-order chi connectivity index (χ0) is 14.5. The normalized spacial score (nSPS) is 18.2. The van der Waals surface area contributed by atoms with Crippen LogP contribution in [0.1, 0.15) is 15.9 Å². The largest absolute Gasteiger partial charge is 0.467 e. The van der Waals surface area contributed by atoms with Gasteiger partial charge in [-0.15, -0.1) is 0 Å². The van der Waals surface area contributed by atoms with E-state index in [0.717, 1.165) is 0 Å². The number of carbonyl (C=O) groups excluding carboxylic acids is 2. The minimum absolute atomic E-state index is 0.155. The molecule has 1 aromatic rings. The van der Waals surface area contributed by atoms with Crippen molar-refractivity contribution < 1.29 is 19.1 Å². The number of nitriles is 1. The number of methoxy groups -OCH3 is 1. The van der Waals surface area contributed by atoms with Crippen LogP contribution in [0.2, 0.25) is 0 Å². The lowest BCUT2D eigenvalue weighted by Crippen LogP contribution is -2.48. The van der Waals surface area contributed by atoms with Crippen LogP contribution in [0.4, 0.5) is 0 Å². The van der Waals surface area contributed by atoms with Gasteiger partial charge < -0.3 is 14.4 Å². The second kappa shape index (κ2) is 6.17. The molecular formula is C14H14N2O4. The van der Waals surface area contributed by atoms with E-state index in [0.29, 0.717) is 17.7 Å². The molecule has 1 unspecified atom stereocenters. The fraction of sp³-hybridized carbons (Fsp3) is 0.357. The van der Waals surface area contributed by atoms with Crippen LogP contribution < -0.4 is 0 Å². The minimum Gasteiger partial charge on any atom is -0.467 e. The van der Waals surface area contributed by atoms with Crippen molar-refractivity contribution in [3.63, 3.8) is 0 Å². The predicted molar refractivity (Wildman–Crippen MR) is 68.8 cm³/mol. The second-order valence-electron chi connectivity index (χ2n) is 4.33. The highest BCUT2D eigenvalue weighted by Crippen LogP contribution is 2.13. The van der Waals surface area contributed by atoms with Gasteiger partial charge in [0, 0.05) is 12.1 Å². The minimum atomic E-state index is -0.753. The molecule has 1 aromatic carbocycles. The van der Waals surface area contributed by atoms with Gasteiger partial charge in [-0.3, -0.25) is 4.79 Å². The van der Waals surface area contributed by atoms with Crippen LogP contribution >= 0.6 is 0 Å². The molecule has 1 amide bonds. The summed E-state index contributed by atoms with van der Waals surface area (Å²) in [6.45, 7) is 0.842. The lowest BCUT2D eigenvalue weighted by molar-refractivity contribution is -0.158. The molecule has 1 saturated heterocycles. The summed E-state index contributed by atoms with van der Waals surface area (Å²) in [5, 5.41) is 8.84. The Morgan fingerprint density at radius 1 is 1.50 bits per heavy atom. The first kappa shape index (κ1) is 14.0. The highest BCUT2D eigenvalue weighted by atomic mass is 16.6. The Kier molecular flexibility index (Phi) is 4.33. The average Bonchev–Trinajstić information content (AvgIpc) is 2.53. The average molecular weight is 274 g/mol. The number of ether oxygens (including phenoxy) is 2. The molecule has 0 saturated carbocycles. The summed E-state index contributed by atoms with van der Waals surface area (Å²) in [4.78, 5) is 25.3. The molecular weight excluding hydrogens is 260 g/mol. The van der Waals surface area contributed by atoms with Crippen LogP contribution in [0, 0.1) is 11.3 Å². The molecule has 1 heterocycles. The van der Waals surface area contributed by atoms with Crippen molar-refractivity contribution in [3.05, 3.63) is 35.4 Å². The van der Waals surface area contributed by atoms with Crippen LogP contribution in [0.5, 0.6) is 0 Å². The van der Waals surface area contributed by atoms with E-state index in [1.165, 1.54) is 18.1 Å². The van der Waals surface area contributed by atoms with Crippen LogP contribution in [-0.2, 0) is 14.3 Å². The molecule has 1 fully saturated rings. The van der Waals surface area contributed by atoms with Crippen molar-refractivity contribution in [2.45, 2.75) is 6.10 Å². The Bertz CT molecular complexity index is 565. The number of rotatable bonds is 2. The first-order valence-electron chi connectivity index (χ1n) is 6.14. The summed E-state index contributed by atoms with van der Waals surface area (Å²) in [6.07, 6.45) is -0.753. The van der Waals surface area contributed by atoms with Crippen molar-refractivity contribution in [1.82, 2.24) is 4.90 Å². The van der Waals surface area contributed by atoms with Gasteiger partial charge in [0.25, 0.3) is 5.91 Å². The number of benzene rings is 1. The first-order chi connectivity index (χ1) is 9.65. The maximum atomic E-state index is 12.3. The number of nitrogens with zero attached hydrogens (tertiary/aromatic N) is 2. The Labute approximate surface area is 116 Å². The molecule has 1 atom stereocenters. The number of carbonyl (C=O) groups is 2. The molecule has 6 heteroatoms. The molecule has 6 nitrogen and oxygen atoms in total. The molecule has 1 aliphatic heterocycles. The Morgan fingerprint density at radius 2 is 2.30 bits per heavy atom. The fourth-order valence-corrected chi connectivity index (χ4v) is 2.01. The van der Waals surface area contributed by atoms with Crippen LogP contribution in [0.25, 0.3) is 0 Å². The topological polar surface area (TPSA) is 79.6 Å². The van der Waals surface area contributed by atoms with Crippen molar-refractivity contribution >= 4 is 11.9 Å². The number of amides is 1. The van der Waals surface area contributed by atoms with E-state index < -0.39 is 12.1 Å². The van der Waals surface area contributed by atoms with Crippen molar-refractivity contribution in [2.75, 3.05) is 26.8 Å². The Balaban J connectivity index is 2.12. The zero-order valence-corrected chi connectivity index (χ0v) is 11.0. The third kappa shape index (κ3) is 2.95. The third-order valence-electron chi connectivity index (χ3n) is 3.06. The highest BCUT2D eigenvalue weighted by molar-refractivity contribution is 5.95. The van der Waals surface area contributed by atoms with Gasteiger partial charge in [-0.2, -0.15) is 5.26 Å². The smallest absolute Gasteiger partial charge is 0.336 e. The third-order valence-corrected chi connectivity index (χ3v) is 3.06. The zero-order valence-electron chi connectivity index (χ0n) is 11.0. The quantitative estimate of drug-likeness (QED) is 0.737. The summed E-state index contributed by atoms with van der Waals surface area (Å²) in [6, 6.07) is 8.46. The van der Waals surface area contributed by atoms with Gasteiger partial charge in [-0.25, -0.2) is 4.79 Å². The van der Waals surface area contributed by atoms with Crippen molar-refractivity contribution in [2.24, 2.45) is 0 Å². The molecule has 0 aliphatic carbocycles. The van der Waals surface area contributed by atoms with Gasteiger partial charge >= 0.3 is 5.97 Å². The number of morpholine rings is 1. The highest BCUT2D eigenvalue weighted by Gasteiger charge is 2.30. The molecule has 1 aliphatic rings. The monoisotopic (exact) mass is 274 g/mol. The van der Waals surface area contributed by atoms with Crippen LogP contribution in [0.3, 0.4) is 0 Å². The van der Waals surface area contributed by atoms with Gasteiger partial charge in [0.2, 0.25) is 0 Å². The molecule has 0 aromatic heterocycles. The predicted octanol–water partition coefficient (Wildman–Crippen LogP) is 0.572. The molecule has 0 bridgehead atoms. The van der Waals surface area contributed by atoms with Gasteiger partial charge in [0.15, 0.2) is 6.10 Å². The van der Waals surface area contributed by atoms with E-state index in [1.54, 1.807) is 18.2 Å². The van der Waals surface area contributed by atoms with Gasteiger partial charge in [-0.05, 0) is 18.2 Å². The summed E-state index contributed by atoms with van der Waals surface area (Å²) in [7, 11) is 1.28. The van der Waals surface area contributed by atoms with E-state index >= 15 is 0 Å². The first-order valence-corrected chi connectivity index (χ1v) is 6.14. The number of hydrogen-bond acceptors (Lipinski definition) is 5. The molecule has 0 spiro atoms. The van der Waals surface area contributed by atoms with Gasteiger partial charge in [0.05, 0.1) is 31.9 Å². The fourth-order valence-electron chi connectivity index (χ4n) is 2.01. The second-order valence-corrected chi connectivity index (χ2v) is 4.33. The van der Waals surface area contributed by atoms with Gasteiger partial charge in [-0.1, -0.05) is 6.07 Å². The van der Waals surface area contributed by atoms with Crippen LogP contribution in [0.15, 0.2) is 24.3 Å². The number of hydrogen-bond donors (Lipinski definition) is 0. The van der Waals surface area contributed by atoms with E-state index in [2.05, 4.69) is 4.74 Å². The SMILES string of the molecule is COC(=O)C1CN(C(=O)c2cccc(C#N)c2)CCO1. The summed E-state index contributed by atoms with van der Waals surface area (Å²) >= 11 is 0. The van der Waals surface area contributed by atoms with Crippen molar-refractivity contribution in [3.8, 4) is 6.07 Å². The maximum Gasteiger partial charge on any atom is 0.336 e. The maximum absolute atomic E-state index is 12.3. The Hall–Kier alpha value is -2.39. The van der Waals surface area contributed by atoms with E-state index in [-0.39, 0.29) is 19.1 Å². The summed E-state index contributed by atoms with van der Waals surface area (Å²) in [5.41, 5.74) is 0.850. The molecule has 2 rings (SSSR count). The molecule has 0 N–H and O–H groups in total.